The maximum absolute atomic E-state index is 5.81. The fraction of sp³-hybridized carbons (Fsp3) is 0.208. The van der Waals surface area contributed by atoms with Gasteiger partial charge in [0, 0.05) is 70.3 Å². The largest absolute Gasteiger partial charge is 2.00 e. The van der Waals surface area contributed by atoms with Gasteiger partial charge in [-0.2, -0.15) is 6.07 Å². The molecule has 0 bridgehead atoms. The molecule has 4 rings (SSSR count). The molecule has 4 aromatic rings. The Morgan fingerprint density at radius 3 is 2.24 bits per heavy atom. The molecule has 0 aliphatic carbocycles. The van der Waals surface area contributed by atoms with E-state index in [9.17, 15) is 0 Å². The number of benzene rings is 1. The molecule has 8 nitrogen and oxygen atoms in total. The number of ether oxygens (including phenoxy) is 4. The second-order valence-corrected chi connectivity index (χ2v) is 6.38. The number of pyridine rings is 2. The van der Waals surface area contributed by atoms with Crippen molar-refractivity contribution in [2.24, 2.45) is 0 Å². The van der Waals surface area contributed by atoms with Gasteiger partial charge < -0.3 is 29.1 Å². The summed E-state index contributed by atoms with van der Waals surface area (Å²) in [5.41, 5.74) is 2.26. The molecule has 0 unspecified atom stereocenters. The summed E-state index contributed by atoms with van der Waals surface area (Å²) in [6.07, 6.45) is 1.67. The van der Waals surface area contributed by atoms with E-state index in [0.717, 1.165) is 12.3 Å². The number of aryl methyl sites for hydroxylation is 1. The fourth-order valence-electron chi connectivity index (χ4n) is 2.47. The van der Waals surface area contributed by atoms with Gasteiger partial charge in [0.2, 0.25) is 11.8 Å². The van der Waals surface area contributed by atoms with Crippen LogP contribution in [0.4, 0.5) is 0 Å². The normalized spacial score (nSPS) is 9.62. The Morgan fingerprint density at radius 2 is 1.65 bits per heavy atom. The maximum Gasteiger partial charge on any atom is 2.00 e. The van der Waals surface area contributed by atoms with Crippen LogP contribution in [0.25, 0.3) is 11.4 Å². The number of methoxy groups -OCH3 is 1. The first-order valence-corrected chi connectivity index (χ1v) is 9.98. The molecule has 1 aromatic carbocycles. The molecular formula is C24H24N4O4Pt2. The Bertz CT molecular complexity index is 1090. The monoisotopic (exact) mass is 822 g/mol. The molecule has 0 atom stereocenters. The van der Waals surface area contributed by atoms with Gasteiger partial charge in [0.15, 0.2) is 0 Å². The summed E-state index contributed by atoms with van der Waals surface area (Å²) in [6, 6.07) is 21.3. The van der Waals surface area contributed by atoms with Gasteiger partial charge in [0.1, 0.15) is 6.79 Å². The first-order valence-electron chi connectivity index (χ1n) is 9.98. The van der Waals surface area contributed by atoms with E-state index in [1.165, 1.54) is 0 Å². The minimum absolute atomic E-state index is 0. The summed E-state index contributed by atoms with van der Waals surface area (Å²) >= 11 is 0. The van der Waals surface area contributed by atoms with Crippen molar-refractivity contribution in [2.75, 3.05) is 20.5 Å². The quantitative estimate of drug-likeness (QED) is 0.142. The van der Waals surface area contributed by atoms with E-state index in [1.54, 1.807) is 37.6 Å². The Hall–Kier alpha value is -2.37. The third-order valence-electron chi connectivity index (χ3n) is 3.86. The summed E-state index contributed by atoms with van der Waals surface area (Å²) in [6.45, 7) is 4.96. The van der Waals surface area contributed by atoms with E-state index >= 15 is 0 Å². The Morgan fingerprint density at radius 1 is 0.941 bits per heavy atom. The molecule has 0 saturated heterocycles. The second kappa shape index (κ2) is 16.3. The summed E-state index contributed by atoms with van der Waals surface area (Å²) in [7, 11) is 1.61. The van der Waals surface area contributed by atoms with Gasteiger partial charge in [-0.25, -0.2) is 9.97 Å². The average molecular weight is 823 g/mol. The zero-order valence-corrected chi connectivity index (χ0v) is 23.4. The van der Waals surface area contributed by atoms with Crippen molar-refractivity contribution in [3.63, 3.8) is 0 Å². The summed E-state index contributed by atoms with van der Waals surface area (Å²) in [5.74, 6) is 1.93. The third kappa shape index (κ3) is 9.86. The fourth-order valence-corrected chi connectivity index (χ4v) is 2.47. The number of hydrogen-bond acceptors (Lipinski definition) is 7. The number of hydrogen-bond donors (Lipinski definition) is 0. The van der Waals surface area contributed by atoms with Crippen molar-refractivity contribution in [1.82, 2.24) is 20.2 Å². The van der Waals surface area contributed by atoms with Gasteiger partial charge in [-0.3, -0.25) is 0 Å². The molecule has 0 aliphatic heterocycles. The van der Waals surface area contributed by atoms with Gasteiger partial charge in [-0.1, -0.05) is 30.0 Å². The molecule has 3 heterocycles. The first-order chi connectivity index (χ1) is 15.7. The Kier molecular flexibility index (Phi) is 14.2. The molecule has 0 spiro atoms. The molecule has 0 fully saturated rings. The van der Waals surface area contributed by atoms with Gasteiger partial charge in [-0.15, -0.1) is 12.1 Å². The van der Waals surface area contributed by atoms with Crippen LogP contribution in [0.15, 0.2) is 66.9 Å². The van der Waals surface area contributed by atoms with E-state index in [0.29, 0.717) is 41.4 Å². The zero-order valence-electron chi connectivity index (χ0n) is 18.8. The van der Waals surface area contributed by atoms with Crippen LogP contribution in [0.2, 0.25) is 0 Å². The van der Waals surface area contributed by atoms with Crippen LogP contribution in [-0.4, -0.2) is 35.6 Å². The molecule has 0 saturated carbocycles. The van der Waals surface area contributed by atoms with Crippen LogP contribution >= 0.6 is 0 Å². The van der Waals surface area contributed by atoms with Gasteiger partial charge in [0.25, 0.3) is 0 Å². The molecule has 0 amide bonds. The van der Waals surface area contributed by atoms with Crippen LogP contribution in [0.5, 0.6) is 23.3 Å². The van der Waals surface area contributed by atoms with Crippen molar-refractivity contribution >= 4 is 0 Å². The number of aromatic nitrogens is 4. The van der Waals surface area contributed by atoms with Crippen molar-refractivity contribution in [2.45, 2.75) is 13.8 Å². The van der Waals surface area contributed by atoms with Gasteiger partial charge in [0.05, 0.1) is 5.69 Å². The molecule has 0 aliphatic rings. The van der Waals surface area contributed by atoms with Gasteiger partial charge >= 0.3 is 21.1 Å². The predicted molar refractivity (Wildman–Crippen MR) is 119 cm³/mol. The summed E-state index contributed by atoms with van der Waals surface area (Å²) in [4.78, 5) is 8.59. The molecule has 0 radical (unpaired) electrons. The van der Waals surface area contributed by atoms with E-state index < -0.39 is 0 Å². The SMILES string of the molecule is CCOCOC.Cc1cc(-c2cccc(Oc3[c-]c(Oc4ccccn4)ccc3)n2)[n-]n1.[Pt+2].[Pt]. The van der Waals surface area contributed by atoms with Crippen LogP contribution in [0.1, 0.15) is 12.6 Å². The topological polar surface area (TPSA) is 89.7 Å². The maximum atomic E-state index is 5.81. The van der Waals surface area contributed by atoms with Crippen LogP contribution in [0.3, 0.4) is 0 Å². The standard InChI is InChI=1S/C20H14N4O2.C4H10O2.2Pt/c1-14-12-18(24-23-14)17-8-5-10-20(22-17)26-16-7-4-6-15(13-16)25-19-9-2-3-11-21-19;1-3-6-4-5-2;;/h2-12H,1H3;3-4H2,1-2H3;;/q-2;;;+2. The summed E-state index contributed by atoms with van der Waals surface area (Å²) in [5, 5.41) is 8.09. The van der Waals surface area contributed by atoms with Crippen molar-refractivity contribution in [3.05, 3.63) is 78.6 Å². The first kappa shape index (κ1) is 29.7. The van der Waals surface area contributed by atoms with Crippen LogP contribution in [0, 0.1) is 13.0 Å². The van der Waals surface area contributed by atoms with E-state index in [2.05, 4.69) is 31.0 Å². The van der Waals surface area contributed by atoms with Crippen molar-refractivity contribution in [3.8, 4) is 34.6 Å². The number of nitrogens with zero attached hydrogens (tertiary/aromatic N) is 4. The smallest absolute Gasteiger partial charge is 0.574 e. The molecular weight excluding hydrogens is 798 g/mol. The minimum atomic E-state index is 0. The van der Waals surface area contributed by atoms with Crippen molar-refractivity contribution in [1.29, 1.82) is 0 Å². The Labute approximate surface area is 228 Å². The van der Waals surface area contributed by atoms with Gasteiger partial charge in [-0.05, 0) is 26.0 Å². The molecule has 0 N–H and O–H groups in total. The zero-order chi connectivity index (χ0) is 22.6. The Balaban J connectivity index is 0.000000647. The van der Waals surface area contributed by atoms with E-state index in [4.69, 9.17) is 14.2 Å². The second-order valence-electron chi connectivity index (χ2n) is 6.38. The third-order valence-corrected chi connectivity index (χ3v) is 3.86. The summed E-state index contributed by atoms with van der Waals surface area (Å²) < 4.78 is 20.8. The van der Waals surface area contributed by atoms with E-state index in [1.807, 2.05) is 50.2 Å². The van der Waals surface area contributed by atoms with E-state index in [-0.39, 0.29) is 42.1 Å². The molecule has 10 heteroatoms. The molecule has 34 heavy (non-hydrogen) atoms. The average Bonchev–Trinajstić information content (AvgIpc) is 3.26. The minimum Gasteiger partial charge on any atom is -0.574 e. The van der Waals surface area contributed by atoms with Crippen LogP contribution in [-0.2, 0) is 51.6 Å². The van der Waals surface area contributed by atoms with Crippen molar-refractivity contribution < 1.29 is 61.1 Å². The predicted octanol–water partition coefficient (Wildman–Crippen LogP) is 4.81. The van der Waals surface area contributed by atoms with Crippen LogP contribution < -0.4 is 14.6 Å². The molecule has 3 aromatic heterocycles. The molecule has 184 valence electrons. The number of rotatable bonds is 8.